The quantitative estimate of drug-likeness (QED) is 0.592. The lowest BCUT2D eigenvalue weighted by atomic mass is 10.1. The Morgan fingerprint density at radius 1 is 1.12 bits per heavy atom. The summed E-state index contributed by atoms with van der Waals surface area (Å²) in [5.41, 5.74) is 3.33. The van der Waals surface area contributed by atoms with Crippen LogP contribution >= 0.6 is 11.6 Å². The summed E-state index contributed by atoms with van der Waals surface area (Å²) >= 11 is 5.98. The number of benzene rings is 2. The average Bonchev–Trinajstić information content (AvgIpc) is 2.96. The lowest BCUT2D eigenvalue weighted by Gasteiger charge is -2.28. The normalized spacial score (nSPS) is 16.6. The highest BCUT2D eigenvalue weighted by atomic mass is 35.5. The molecule has 2 aromatic carbocycles. The number of allylic oxidation sites excluding steroid dienone is 1. The van der Waals surface area contributed by atoms with Crippen molar-refractivity contribution < 1.29 is 9.47 Å². The fourth-order valence-electron chi connectivity index (χ4n) is 3.13. The molecule has 2 heterocycles. The number of rotatable bonds is 4. The van der Waals surface area contributed by atoms with Crippen molar-refractivity contribution in [3.05, 3.63) is 76.6 Å². The molecule has 128 valence electrons. The average molecular weight is 354 g/mol. The molecule has 0 fully saturated rings. The van der Waals surface area contributed by atoms with Gasteiger partial charge in [0.1, 0.15) is 5.76 Å². The van der Waals surface area contributed by atoms with Crippen LogP contribution in [0, 0.1) is 0 Å². The highest BCUT2D eigenvalue weighted by molar-refractivity contribution is 6.30. The highest BCUT2D eigenvalue weighted by Gasteiger charge is 2.26. The van der Waals surface area contributed by atoms with Gasteiger partial charge in [-0.1, -0.05) is 41.9 Å². The van der Waals surface area contributed by atoms with Crippen molar-refractivity contribution in [1.29, 1.82) is 0 Å². The molecule has 4 heteroatoms. The molecule has 0 radical (unpaired) electrons. The monoisotopic (exact) mass is 353 g/mol. The smallest absolute Gasteiger partial charge is 0.242 e. The van der Waals surface area contributed by atoms with Gasteiger partial charge in [0.15, 0.2) is 0 Å². The van der Waals surface area contributed by atoms with E-state index in [1.807, 2.05) is 44.2 Å². The predicted octanol–water partition coefficient (Wildman–Crippen LogP) is 5.79. The van der Waals surface area contributed by atoms with Crippen LogP contribution < -0.4 is 0 Å². The van der Waals surface area contributed by atoms with E-state index in [1.165, 1.54) is 5.39 Å². The third-order valence-corrected chi connectivity index (χ3v) is 4.49. The molecule has 0 amide bonds. The largest absolute Gasteiger partial charge is 0.461 e. The standard InChI is InChI=1S/C21H20ClNO2/c1-14(2)24-21-20-12-16-5-3-4-6-19(16)23(20)13-18(25-21)11-15-7-9-17(22)10-8-15/h3-10,12-14,21H,11H2,1-2H3. The Labute approximate surface area is 152 Å². The summed E-state index contributed by atoms with van der Waals surface area (Å²) in [6, 6.07) is 18.3. The minimum absolute atomic E-state index is 0.0753. The number of nitrogens with zero attached hydrogens (tertiary/aromatic N) is 1. The van der Waals surface area contributed by atoms with Gasteiger partial charge >= 0.3 is 0 Å². The molecule has 0 saturated carbocycles. The molecule has 3 aromatic rings. The zero-order valence-corrected chi connectivity index (χ0v) is 15.0. The second-order valence-corrected chi connectivity index (χ2v) is 6.97. The number of hydrogen-bond acceptors (Lipinski definition) is 2. The number of fused-ring (bicyclic) bond motifs is 3. The fraction of sp³-hybridized carbons (Fsp3) is 0.238. The number of halogens is 1. The van der Waals surface area contributed by atoms with Gasteiger partial charge in [0.25, 0.3) is 0 Å². The van der Waals surface area contributed by atoms with E-state index >= 15 is 0 Å². The van der Waals surface area contributed by atoms with E-state index in [9.17, 15) is 0 Å². The van der Waals surface area contributed by atoms with Gasteiger partial charge in [0.05, 0.1) is 17.3 Å². The summed E-state index contributed by atoms with van der Waals surface area (Å²) in [5.74, 6) is 0.877. The first kappa shape index (κ1) is 16.2. The first-order chi connectivity index (χ1) is 12.1. The minimum atomic E-state index is -0.403. The van der Waals surface area contributed by atoms with Crippen molar-refractivity contribution >= 4 is 28.7 Å². The Bertz CT molecular complexity index is 925. The molecule has 1 aromatic heterocycles. The van der Waals surface area contributed by atoms with Crippen molar-refractivity contribution in [2.45, 2.75) is 32.7 Å². The summed E-state index contributed by atoms with van der Waals surface area (Å²) in [6.07, 6.45) is 2.43. The maximum atomic E-state index is 6.17. The Morgan fingerprint density at radius 3 is 2.64 bits per heavy atom. The second-order valence-electron chi connectivity index (χ2n) is 6.53. The van der Waals surface area contributed by atoms with Crippen LogP contribution in [0.2, 0.25) is 5.02 Å². The van der Waals surface area contributed by atoms with E-state index in [2.05, 4.69) is 35.0 Å². The number of ether oxygens (including phenoxy) is 2. The Kier molecular flexibility index (Phi) is 4.28. The van der Waals surface area contributed by atoms with E-state index in [1.54, 1.807) is 0 Å². The van der Waals surface area contributed by atoms with Crippen LogP contribution in [0.4, 0.5) is 0 Å². The van der Waals surface area contributed by atoms with Crippen LogP contribution in [0.15, 0.2) is 60.4 Å². The number of aromatic nitrogens is 1. The number of hydrogen-bond donors (Lipinski definition) is 0. The van der Waals surface area contributed by atoms with Gasteiger partial charge in [-0.25, -0.2) is 0 Å². The van der Waals surface area contributed by atoms with Gasteiger partial charge in [-0.3, -0.25) is 0 Å². The van der Waals surface area contributed by atoms with Gasteiger partial charge in [-0.05, 0) is 43.7 Å². The van der Waals surface area contributed by atoms with Gasteiger partial charge in [-0.2, -0.15) is 0 Å². The SMILES string of the molecule is CC(C)OC1OC(Cc2ccc(Cl)cc2)=Cn2c1cc1ccccc12. The van der Waals surface area contributed by atoms with Crippen LogP contribution in [0.1, 0.15) is 31.4 Å². The summed E-state index contributed by atoms with van der Waals surface area (Å²) in [6.45, 7) is 4.04. The molecule has 1 unspecified atom stereocenters. The van der Waals surface area contributed by atoms with Crippen molar-refractivity contribution in [3.63, 3.8) is 0 Å². The van der Waals surface area contributed by atoms with Crippen LogP contribution in [-0.2, 0) is 15.9 Å². The maximum Gasteiger partial charge on any atom is 0.242 e. The van der Waals surface area contributed by atoms with Gasteiger partial charge < -0.3 is 14.0 Å². The van der Waals surface area contributed by atoms with Crippen LogP contribution in [0.3, 0.4) is 0 Å². The van der Waals surface area contributed by atoms with Crippen LogP contribution in [0.25, 0.3) is 17.1 Å². The summed E-state index contributed by atoms with van der Waals surface area (Å²) in [4.78, 5) is 0. The van der Waals surface area contributed by atoms with E-state index < -0.39 is 6.29 Å². The molecule has 25 heavy (non-hydrogen) atoms. The molecular weight excluding hydrogens is 334 g/mol. The predicted molar refractivity (Wildman–Crippen MR) is 101 cm³/mol. The molecular formula is C21H20ClNO2. The second kappa shape index (κ2) is 6.58. The maximum absolute atomic E-state index is 6.17. The molecule has 0 spiro atoms. The highest BCUT2D eigenvalue weighted by Crippen LogP contribution is 2.35. The minimum Gasteiger partial charge on any atom is -0.461 e. The fourth-order valence-corrected chi connectivity index (χ4v) is 3.26. The first-order valence-electron chi connectivity index (χ1n) is 8.47. The van der Waals surface area contributed by atoms with Gasteiger partial charge in [0.2, 0.25) is 6.29 Å². The van der Waals surface area contributed by atoms with Crippen molar-refractivity contribution in [1.82, 2.24) is 4.57 Å². The summed E-state index contributed by atoms with van der Waals surface area (Å²) < 4.78 is 14.4. The van der Waals surface area contributed by atoms with Crippen molar-refractivity contribution in [3.8, 4) is 0 Å². The van der Waals surface area contributed by atoms with Gasteiger partial charge in [-0.15, -0.1) is 0 Å². The molecule has 3 nitrogen and oxygen atoms in total. The molecule has 1 aliphatic heterocycles. The number of para-hydroxylation sites is 1. The summed E-state index contributed by atoms with van der Waals surface area (Å²) in [5, 5.41) is 1.92. The lowest BCUT2D eigenvalue weighted by Crippen LogP contribution is -2.20. The molecule has 4 rings (SSSR count). The Balaban J connectivity index is 1.74. The molecule has 1 aliphatic rings. The molecule has 0 saturated heterocycles. The molecule has 0 aliphatic carbocycles. The van der Waals surface area contributed by atoms with Crippen LogP contribution in [-0.4, -0.2) is 10.7 Å². The zero-order chi connectivity index (χ0) is 17.4. The third kappa shape index (κ3) is 3.30. The topological polar surface area (TPSA) is 23.4 Å². The van der Waals surface area contributed by atoms with Crippen molar-refractivity contribution in [2.75, 3.05) is 0 Å². The van der Waals surface area contributed by atoms with Crippen LogP contribution in [0.5, 0.6) is 0 Å². The van der Waals surface area contributed by atoms with E-state index in [4.69, 9.17) is 21.1 Å². The molecule has 0 bridgehead atoms. The molecule has 0 N–H and O–H groups in total. The van der Waals surface area contributed by atoms with Gasteiger partial charge in [0, 0.05) is 23.0 Å². The zero-order valence-electron chi connectivity index (χ0n) is 14.3. The van der Waals surface area contributed by atoms with E-state index in [0.717, 1.165) is 27.6 Å². The third-order valence-electron chi connectivity index (χ3n) is 4.24. The van der Waals surface area contributed by atoms with E-state index in [-0.39, 0.29) is 6.10 Å². The Hall–Kier alpha value is -2.23. The summed E-state index contributed by atoms with van der Waals surface area (Å²) in [7, 11) is 0. The van der Waals surface area contributed by atoms with E-state index in [0.29, 0.717) is 6.42 Å². The first-order valence-corrected chi connectivity index (χ1v) is 8.85. The lowest BCUT2D eigenvalue weighted by molar-refractivity contribution is -0.150. The molecule has 1 atom stereocenters. The van der Waals surface area contributed by atoms with Crippen molar-refractivity contribution in [2.24, 2.45) is 0 Å². The Morgan fingerprint density at radius 2 is 1.88 bits per heavy atom.